The number of oxime groups is 1. The van der Waals surface area contributed by atoms with Crippen molar-refractivity contribution < 1.29 is 71.7 Å². The highest BCUT2D eigenvalue weighted by atomic mass is 32.2. The SMILES string of the molecule is CCCC(CC)(SC(C)CC)C1CC(=O)N(CCC(=O)NCCOCCOCCC(=O)NCC(=O)N[C@H](C(=O)NCC(=O)Nc2ccc(COC(=O)O[C@@]3(CC)C(=O)OCc4c3cc3n(c4=O)Cc4c-3nc3ccccc3c4/C=N/OC(C)(C)C)cc2)C(C)C)C1=O. The van der Waals surface area contributed by atoms with E-state index < -0.39 is 83.5 Å². The van der Waals surface area contributed by atoms with Gasteiger partial charge < -0.3 is 59.7 Å². The van der Waals surface area contributed by atoms with Gasteiger partial charge in [-0.2, -0.15) is 11.8 Å². The number of esters is 1. The van der Waals surface area contributed by atoms with Gasteiger partial charge in [0.25, 0.3) is 5.56 Å². The molecule has 5 heterocycles. The zero-order valence-corrected chi connectivity index (χ0v) is 55.1. The maximum Gasteiger partial charge on any atom is 0.510 e. The van der Waals surface area contributed by atoms with Crippen molar-refractivity contribution in [1.29, 1.82) is 0 Å². The van der Waals surface area contributed by atoms with Crippen LogP contribution in [0.5, 0.6) is 0 Å². The molecule has 3 aliphatic rings. The summed E-state index contributed by atoms with van der Waals surface area (Å²) in [5, 5.41) is 18.4. The molecule has 5 N–H and O–H groups in total. The van der Waals surface area contributed by atoms with E-state index in [1.165, 1.54) is 4.90 Å². The summed E-state index contributed by atoms with van der Waals surface area (Å²) in [7, 11) is 0. The highest BCUT2D eigenvalue weighted by Gasteiger charge is 2.52. The van der Waals surface area contributed by atoms with Crippen molar-refractivity contribution in [2.75, 3.05) is 57.9 Å². The predicted octanol–water partition coefficient (Wildman–Crippen LogP) is 6.69. The van der Waals surface area contributed by atoms with Crippen LogP contribution in [0.25, 0.3) is 22.3 Å². The summed E-state index contributed by atoms with van der Waals surface area (Å²) >= 11 is 1.81. The van der Waals surface area contributed by atoms with Gasteiger partial charge in [-0.25, -0.2) is 14.6 Å². The van der Waals surface area contributed by atoms with E-state index in [1.54, 1.807) is 61.9 Å². The fraction of sp³-hybridized carbons (Fsp3) is 0.545. The minimum atomic E-state index is -2.03. The standard InChI is InChI=1S/C66H87N9O16S/c1-11-25-65(13-3,92-41(7)12-2)49-33-56(80)74(61(49)83)27-23-52(76)67-26-29-87-31-30-86-28-24-53(77)68-35-55(79)73-57(40(5)6)59(81)69-36-54(78)71-43-21-19-42(20-22-43)38-89-63(85)90-66(14-4)48-32-51-58-46(37-75(51)60(82)47(48)39-88-62(66)84)45(34-70-91-64(8,9)10)44-17-15-16-18-50(44)72-58/h15-22,32,34,40-41,49,57H,11-14,23-31,33,35-39H2,1-10H3,(H,67,76)(H,68,77)(H,69,81)(H,71,78)(H,73,79)/b70-34+/t41?,49?,57-,65?,66+/m0/s1. The van der Waals surface area contributed by atoms with Crippen LogP contribution in [0.3, 0.4) is 0 Å². The number of anilines is 1. The summed E-state index contributed by atoms with van der Waals surface area (Å²) in [6.45, 7) is 18.6. The molecule has 0 aliphatic carbocycles. The van der Waals surface area contributed by atoms with Crippen molar-refractivity contribution in [3.63, 3.8) is 0 Å². The maximum atomic E-state index is 14.3. The Morgan fingerprint density at radius 3 is 2.24 bits per heavy atom. The number of carbonyl (C=O) groups is 9. The van der Waals surface area contributed by atoms with E-state index in [0.717, 1.165) is 36.6 Å². The van der Waals surface area contributed by atoms with Gasteiger partial charge in [-0.15, -0.1) is 0 Å². The number of ether oxygens (including phenoxy) is 5. The van der Waals surface area contributed by atoms with Gasteiger partial charge in [0, 0.05) is 70.1 Å². The molecule has 7 rings (SSSR count). The van der Waals surface area contributed by atoms with Crippen LogP contribution >= 0.6 is 11.8 Å². The smallest absolute Gasteiger partial charge is 0.457 e. The zero-order chi connectivity index (χ0) is 66.9. The van der Waals surface area contributed by atoms with Gasteiger partial charge >= 0.3 is 12.1 Å². The number of amides is 7. The number of nitrogens with one attached hydrogen (secondary N) is 5. The highest BCUT2D eigenvalue weighted by molar-refractivity contribution is 8.01. The van der Waals surface area contributed by atoms with E-state index >= 15 is 0 Å². The Bertz CT molecular complexity index is 3460. The van der Waals surface area contributed by atoms with Gasteiger partial charge in [-0.1, -0.05) is 90.4 Å². The van der Waals surface area contributed by atoms with Gasteiger partial charge in [0.1, 0.15) is 24.9 Å². The molecule has 4 aromatic rings. The van der Waals surface area contributed by atoms with Gasteiger partial charge in [0.2, 0.25) is 47.0 Å². The lowest BCUT2D eigenvalue weighted by Gasteiger charge is -2.38. The fourth-order valence-electron chi connectivity index (χ4n) is 11.2. The van der Waals surface area contributed by atoms with E-state index in [2.05, 4.69) is 59.4 Å². The third kappa shape index (κ3) is 17.9. The number of fused-ring (bicyclic) bond motifs is 5. The van der Waals surface area contributed by atoms with Gasteiger partial charge in [0.15, 0.2) is 0 Å². The van der Waals surface area contributed by atoms with Crippen molar-refractivity contribution in [1.82, 2.24) is 35.7 Å². The maximum absolute atomic E-state index is 14.3. The largest absolute Gasteiger partial charge is 0.510 e. The van der Waals surface area contributed by atoms with Crippen LogP contribution in [-0.4, -0.2) is 148 Å². The van der Waals surface area contributed by atoms with Crippen molar-refractivity contribution in [3.05, 3.63) is 92.8 Å². The average Bonchev–Trinajstić information content (AvgIpc) is 1.45. The van der Waals surface area contributed by atoms with Crippen LogP contribution in [0.15, 0.2) is 64.5 Å². The molecule has 7 amide bonds. The van der Waals surface area contributed by atoms with E-state index in [0.29, 0.717) is 39.0 Å². The number of hydrogen-bond acceptors (Lipinski definition) is 19. The van der Waals surface area contributed by atoms with Crippen molar-refractivity contribution >= 4 is 88.0 Å². The topological polar surface area (TPSA) is 320 Å². The Hall–Kier alpha value is -8.23. The number of rotatable bonds is 33. The van der Waals surface area contributed by atoms with Gasteiger partial charge in [-0.05, 0) is 82.2 Å². The number of aromatic nitrogens is 2. The number of nitrogens with zero attached hydrogens (tertiary/aromatic N) is 4. The molecule has 2 aromatic heterocycles. The van der Waals surface area contributed by atoms with Gasteiger partial charge in [0.05, 0.1) is 80.7 Å². The molecule has 25 nitrogen and oxygen atoms in total. The van der Waals surface area contributed by atoms with Crippen molar-refractivity contribution in [3.8, 4) is 11.4 Å². The summed E-state index contributed by atoms with van der Waals surface area (Å²) < 4.78 is 29.0. The molecule has 0 saturated carbocycles. The molecule has 5 atom stereocenters. The number of cyclic esters (lactones) is 1. The molecule has 0 spiro atoms. The molecule has 1 fully saturated rings. The first-order valence-corrected chi connectivity index (χ1v) is 32.4. The average molecular weight is 1290 g/mol. The van der Waals surface area contributed by atoms with Crippen LogP contribution in [-0.2, 0) is 92.2 Å². The summed E-state index contributed by atoms with van der Waals surface area (Å²) in [5.41, 5.74) is 1.11. The van der Waals surface area contributed by atoms with E-state index in [-0.39, 0.29) is 119 Å². The Morgan fingerprint density at radius 2 is 1.55 bits per heavy atom. The molecule has 1 saturated heterocycles. The van der Waals surface area contributed by atoms with E-state index in [1.807, 2.05) is 56.8 Å². The van der Waals surface area contributed by atoms with Gasteiger partial charge in [-0.3, -0.25) is 43.3 Å². The highest BCUT2D eigenvalue weighted by Crippen LogP contribution is 2.48. The number of para-hydroxylation sites is 1. The second-order valence-electron chi connectivity index (χ2n) is 24.3. The Labute approximate surface area is 539 Å². The molecule has 2 aromatic carbocycles. The van der Waals surface area contributed by atoms with Crippen LogP contribution in [0.2, 0.25) is 0 Å². The number of imide groups is 1. The summed E-state index contributed by atoms with van der Waals surface area (Å²) in [6, 6.07) is 14.3. The van der Waals surface area contributed by atoms with Crippen LogP contribution in [0, 0.1) is 11.8 Å². The molecule has 3 aliphatic heterocycles. The third-order valence-corrected chi connectivity index (χ3v) is 18.2. The quantitative estimate of drug-likeness (QED) is 0.00960. The predicted molar refractivity (Wildman–Crippen MR) is 344 cm³/mol. The monoisotopic (exact) mass is 1290 g/mol. The summed E-state index contributed by atoms with van der Waals surface area (Å²) in [6.07, 6.45) is 3.91. The molecule has 26 heteroatoms. The van der Waals surface area contributed by atoms with E-state index in [9.17, 15) is 47.9 Å². The molecule has 3 unspecified atom stereocenters. The first-order valence-electron chi connectivity index (χ1n) is 31.5. The number of likely N-dealkylation sites (tertiary alicyclic amines) is 1. The first-order chi connectivity index (χ1) is 43.9. The number of carbonyl (C=O) groups excluding carboxylic acids is 9. The number of benzene rings is 2. The fourth-order valence-corrected chi connectivity index (χ4v) is 13.0. The van der Waals surface area contributed by atoms with Crippen molar-refractivity contribution in [2.24, 2.45) is 17.0 Å². The third-order valence-electron chi connectivity index (χ3n) is 16.2. The van der Waals surface area contributed by atoms with Crippen molar-refractivity contribution in [2.45, 2.75) is 168 Å². The molecule has 498 valence electrons. The molecule has 92 heavy (non-hydrogen) atoms. The zero-order valence-electron chi connectivity index (χ0n) is 54.2. The summed E-state index contributed by atoms with van der Waals surface area (Å²) in [5.74, 6) is -4.71. The Kier molecular flexibility index (Phi) is 25.1. The Morgan fingerprint density at radius 1 is 0.848 bits per heavy atom. The molecule has 0 radical (unpaired) electrons. The van der Waals surface area contributed by atoms with Crippen LogP contribution < -0.4 is 32.1 Å². The second-order valence-corrected chi connectivity index (χ2v) is 26.1. The number of pyridine rings is 2. The lowest BCUT2D eigenvalue weighted by Crippen LogP contribution is -2.52. The number of hydrogen-bond donors (Lipinski definition) is 5. The number of thioether (sulfide) groups is 1. The lowest BCUT2D eigenvalue weighted by atomic mass is 9.84. The molecular formula is C66H87N9O16S. The van der Waals surface area contributed by atoms with Crippen LogP contribution in [0.1, 0.15) is 148 Å². The first kappa shape index (κ1) is 71.2. The minimum absolute atomic E-state index is 0.0106. The summed E-state index contributed by atoms with van der Waals surface area (Å²) in [4.78, 5) is 144. The Balaban J connectivity index is 0.779. The minimum Gasteiger partial charge on any atom is -0.457 e. The second kappa shape index (κ2) is 32.4. The normalized spacial score (nSPS) is 17.3. The van der Waals surface area contributed by atoms with Crippen LogP contribution in [0.4, 0.5) is 10.5 Å². The lowest BCUT2D eigenvalue weighted by molar-refractivity contribution is -0.175. The molecule has 0 bridgehead atoms. The van der Waals surface area contributed by atoms with E-state index in [4.69, 9.17) is 33.5 Å². The molecular weight excluding hydrogens is 1210 g/mol.